The van der Waals surface area contributed by atoms with E-state index in [1.165, 1.54) is 0 Å². The number of fused-ring (bicyclic) bond motifs is 1. The lowest BCUT2D eigenvalue weighted by Crippen LogP contribution is -2.45. The molecule has 3 rings (SSSR count). The van der Waals surface area contributed by atoms with Crippen LogP contribution in [0.4, 0.5) is 0 Å². The van der Waals surface area contributed by atoms with Crippen molar-refractivity contribution in [2.24, 2.45) is 5.92 Å². The number of aromatic nitrogens is 2. The molecule has 0 spiro atoms. The normalized spacial score (nSPS) is 13.1. The molecule has 0 bridgehead atoms. The summed E-state index contributed by atoms with van der Waals surface area (Å²) in [5.74, 6) is -0.140. The number of carbonyl (C=O) groups is 2. The third-order valence-corrected chi connectivity index (χ3v) is 4.75. The van der Waals surface area contributed by atoms with Gasteiger partial charge in [0.15, 0.2) is 0 Å². The molecule has 6 nitrogen and oxygen atoms in total. The summed E-state index contributed by atoms with van der Waals surface area (Å²) in [4.78, 5) is 32.4. The number of nitrogens with zero attached hydrogens (tertiary/aromatic N) is 1. The number of imidazole rings is 1. The van der Waals surface area contributed by atoms with Crippen molar-refractivity contribution in [3.8, 4) is 0 Å². The molecular formula is C21H24N4O2. The Morgan fingerprint density at radius 1 is 1.04 bits per heavy atom. The minimum Gasteiger partial charge on any atom is -0.342 e. The molecule has 0 saturated heterocycles. The molecule has 0 aliphatic heterocycles. The molecule has 2 amide bonds. The molecule has 0 aliphatic rings. The van der Waals surface area contributed by atoms with Crippen molar-refractivity contribution in [1.82, 2.24) is 20.8 Å². The Bertz CT molecular complexity index is 887. The van der Waals surface area contributed by atoms with Gasteiger partial charge in [0.25, 0.3) is 0 Å². The highest BCUT2D eigenvalue weighted by molar-refractivity contribution is 5.87. The third kappa shape index (κ3) is 4.53. The minimum atomic E-state index is -0.321. The molecule has 27 heavy (non-hydrogen) atoms. The van der Waals surface area contributed by atoms with Crippen LogP contribution < -0.4 is 10.9 Å². The highest BCUT2D eigenvalue weighted by Crippen LogP contribution is 2.26. The van der Waals surface area contributed by atoms with E-state index >= 15 is 0 Å². The van der Waals surface area contributed by atoms with Crippen molar-refractivity contribution in [2.75, 3.05) is 0 Å². The molecule has 1 aromatic heterocycles. The van der Waals surface area contributed by atoms with Gasteiger partial charge >= 0.3 is 0 Å². The standard InChI is InChI=1S/C21H24N4O2/c1-3-14(2)20(15-9-5-4-6-10-15)21(27)25-24-19(26)13-18-22-16-11-7-8-12-17(16)23-18/h4-12,14,20H,3,13H2,1-2H3,(H,22,23)(H,24,26)(H,25,27)/t14-,20-/m1/s1. The number of amides is 2. The first-order chi connectivity index (χ1) is 13.1. The van der Waals surface area contributed by atoms with Gasteiger partial charge in [0.2, 0.25) is 11.8 Å². The summed E-state index contributed by atoms with van der Waals surface area (Å²) in [6, 6.07) is 17.2. The number of rotatable bonds is 6. The molecule has 0 radical (unpaired) electrons. The van der Waals surface area contributed by atoms with Crippen molar-refractivity contribution in [3.63, 3.8) is 0 Å². The van der Waals surface area contributed by atoms with Crippen molar-refractivity contribution in [3.05, 3.63) is 66.0 Å². The van der Waals surface area contributed by atoms with Crippen LogP contribution in [0, 0.1) is 5.92 Å². The number of para-hydroxylation sites is 2. The van der Waals surface area contributed by atoms with E-state index in [1.807, 2.05) is 68.4 Å². The molecule has 2 aromatic carbocycles. The Hall–Kier alpha value is -3.15. The zero-order chi connectivity index (χ0) is 19.2. The summed E-state index contributed by atoms with van der Waals surface area (Å²) in [6.07, 6.45) is 0.925. The maximum atomic E-state index is 12.7. The molecule has 3 aromatic rings. The molecule has 3 N–H and O–H groups in total. The topological polar surface area (TPSA) is 86.9 Å². The Labute approximate surface area is 158 Å². The van der Waals surface area contributed by atoms with E-state index in [-0.39, 0.29) is 30.1 Å². The summed E-state index contributed by atoms with van der Waals surface area (Å²) in [7, 11) is 0. The van der Waals surface area contributed by atoms with E-state index in [9.17, 15) is 9.59 Å². The third-order valence-electron chi connectivity index (χ3n) is 4.75. The molecule has 0 fully saturated rings. The summed E-state index contributed by atoms with van der Waals surface area (Å²) < 4.78 is 0. The van der Waals surface area contributed by atoms with Gasteiger partial charge < -0.3 is 4.98 Å². The number of nitrogens with one attached hydrogen (secondary N) is 3. The predicted octanol–water partition coefficient (Wildman–Crippen LogP) is 3.08. The van der Waals surface area contributed by atoms with Gasteiger partial charge in [-0.15, -0.1) is 0 Å². The number of H-pyrrole nitrogens is 1. The van der Waals surface area contributed by atoms with Crippen LogP contribution in [0.5, 0.6) is 0 Å². The Morgan fingerprint density at radius 2 is 1.74 bits per heavy atom. The van der Waals surface area contributed by atoms with Crippen LogP contribution in [0.1, 0.15) is 37.6 Å². The number of hydrogen-bond donors (Lipinski definition) is 3. The highest BCUT2D eigenvalue weighted by Gasteiger charge is 2.26. The van der Waals surface area contributed by atoms with E-state index in [0.29, 0.717) is 5.82 Å². The molecule has 140 valence electrons. The largest absolute Gasteiger partial charge is 0.342 e. The van der Waals surface area contributed by atoms with Gasteiger partial charge in [0.1, 0.15) is 5.82 Å². The molecule has 0 unspecified atom stereocenters. The zero-order valence-corrected chi connectivity index (χ0v) is 15.5. The highest BCUT2D eigenvalue weighted by atomic mass is 16.2. The fourth-order valence-electron chi connectivity index (χ4n) is 3.13. The van der Waals surface area contributed by atoms with E-state index in [1.54, 1.807) is 0 Å². The van der Waals surface area contributed by atoms with Gasteiger partial charge in [-0.05, 0) is 23.6 Å². The number of benzene rings is 2. The van der Waals surface area contributed by atoms with E-state index in [4.69, 9.17) is 0 Å². The van der Waals surface area contributed by atoms with Crippen LogP contribution in [0.15, 0.2) is 54.6 Å². The lowest BCUT2D eigenvalue weighted by Gasteiger charge is -2.22. The molecule has 0 saturated carbocycles. The summed E-state index contributed by atoms with van der Waals surface area (Å²) in [5.41, 5.74) is 7.71. The lowest BCUT2D eigenvalue weighted by atomic mass is 9.85. The monoisotopic (exact) mass is 364 g/mol. The first-order valence-corrected chi connectivity index (χ1v) is 9.15. The van der Waals surface area contributed by atoms with Gasteiger partial charge in [0, 0.05) is 0 Å². The van der Waals surface area contributed by atoms with Crippen molar-refractivity contribution in [1.29, 1.82) is 0 Å². The van der Waals surface area contributed by atoms with Crippen molar-refractivity contribution < 1.29 is 9.59 Å². The van der Waals surface area contributed by atoms with Crippen LogP contribution in [0.2, 0.25) is 0 Å². The summed E-state index contributed by atoms with van der Waals surface area (Å²) in [5, 5.41) is 0. The van der Waals surface area contributed by atoms with Crippen LogP contribution >= 0.6 is 0 Å². The van der Waals surface area contributed by atoms with Gasteiger partial charge in [-0.2, -0.15) is 0 Å². The Morgan fingerprint density at radius 3 is 2.44 bits per heavy atom. The van der Waals surface area contributed by atoms with E-state index in [0.717, 1.165) is 23.0 Å². The summed E-state index contributed by atoms with van der Waals surface area (Å²) >= 11 is 0. The van der Waals surface area contributed by atoms with Gasteiger partial charge in [0.05, 0.1) is 23.4 Å². The number of hydrogen-bond acceptors (Lipinski definition) is 3. The molecule has 0 aliphatic carbocycles. The number of aromatic amines is 1. The second kappa shape index (κ2) is 8.49. The smallest absolute Gasteiger partial charge is 0.246 e. The Kier molecular flexibility index (Phi) is 5.86. The first-order valence-electron chi connectivity index (χ1n) is 9.15. The van der Waals surface area contributed by atoms with Crippen LogP contribution in [-0.4, -0.2) is 21.8 Å². The molecule has 1 heterocycles. The predicted molar refractivity (Wildman–Crippen MR) is 105 cm³/mol. The van der Waals surface area contributed by atoms with Crippen LogP contribution in [0.3, 0.4) is 0 Å². The SMILES string of the molecule is CC[C@@H](C)[C@@H](C(=O)NNC(=O)Cc1nc2ccccc2[nH]1)c1ccccc1. The minimum absolute atomic E-state index is 0.0638. The van der Waals surface area contributed by atoms with E-state index < -0.39 is 0 Å². The number of carbonyl (C=O) groups excluding carboxylic acids is 2. The fourth-order valence-corrected chi connectivity index (χ4v) is 3.13. The zero-order valence-electron chi connectivity index (χ0n) is 15.5. The maximum Gasteiger partial charge on any atom is 0.246 e. The number of hydrazine groups is 1. The maximum absolute atomic E-state index is 12.7. The van der Waals surface area contributed by atoms with Gasteiger partial charge in [-0.3, -0.25) is 20.4 Å². The van der Waals surface area contributed by atoms with Crippen LogP contribution in [0.25, 0.3) is 11.0 Å². The molecule has 6 heteroatoms. The Balaban J connectivity index is 1.61. The summed E-state index contributed by atoms with van der Waals surface area (Å²) in [6.45, 7) is 4.08. The molecular weight excluding hydrogens is 340 g/mol. The fraction of sp³-hybridized carbons (Fsp3) is 0.286. The van der Waals surface area contributed by atoms with Crippen molar-refractivity contribution in [2.45, 2.75) is 32.6 Å². The second-order valence-corrected chi connectivity index (χ2v) is 6.69. The quantitative estimate of drug-likeness (QED) is 0.588. The first kappa shape index (κ1) is 18.6. The average Bonchev–Trinajstić information content (AvgIpc) is 3.09. The van der Waals surface area contributed by atoms with Crippen LogP contribution in [-0.2, 0) is 16.0 Å². The average molecular weight is 364 g/mol. The van der Waals surface area contributed by atoms with Gasteiger partial charge in [-0.1, -0.05) is 62.7 Å². The lowest BCUT2D eigenvalue weighted by molar-refractivity contribution is -0.130. The van der Waals surface area contributed by atoms with Gasteiger partial charge in [-0.25, -0.2) is 4.98 Å². The second-order valence-electron chi connectivity index (χ2n) is 6.69. The van der Waals surface area contributed by atoms with E-state index in [2.05, 4.69) is 20.8 Å². The molecule has 2 atom stereocenters. The van der Waals surface area contributed by atoms with Crippen molar-refractivity contribution >= 4 is 22.8 Å².